The first-order chi connectivity index (χ1) is 14.0. The molecule has 1 saturated carbocycles. The molecule has 1 fully saturated rings. The number of aromatic nitrogens is 2. The molecule has 0 radical (unpaired) electrons. The summed E-state index contributed by atoms with van der Waals surface area (Å²) in [6.07, 6.45) is -4.95. The highest BCUT2D eigenvalue weighted by Crippen LogP contribution is 2.39. The van der Waals surface area contributed by atoms with E-state index in [-0.39, 0.29) is 41.6 Å². The van der Waals surface area contributed by atoms with Crippen molar-refractivity contribution in [3.8, 4) is 0 Å². The average Bonchev–Trinajstić information content (AvgIpc) is 2.67. The summed E-state index contributed by atoms with van der Waals surface area (Å²) >= 11 is 11.8. The van der Waals surface area contributed by atoms with Gasteiger partial charge in [-0.2, -0.15) is 13.2 Å². The van der Waals surface area contributed by atoms with Crippen molar-refractivity contribution >= 4 is 29.1 Å². The Balaban J connectivity index is 1.97. The molecule has 3 rings (SSSR count). The fourth-order valence-corrected chi connectivity index (χ4v) is 3.78. The Morgan fingerprint density at radius 3 is 2.53 bits per heavy atom. The smallest absolute Gasteiger partial charge is 0.387 e. The van der Waals surface area contributed by atoms with Crippen LogP contribution in [-0.2, 0) is 6.18 Å². The van der Waals surface area contributed by atoms with E-state index in [1.54, 1.807) is 6.07 Å². The lowest BCUT2D eigenvalue weighted by Crippen LogP contribution is -2.49. The SMILES string of the molecule is O=C(NC(c1cccc(Cl)n1)[C@]1(O)CC[C@@H](F)CC1)c1cc(C(F)(F)F)ncc1Cl. The van der Waals surface area contributed by atoms with Gasteiger partial charge in [-0.25, -0.2) is 9.37 Å². The summed E-state index contributed by atoms with van der Waals surface area (Å²) in [6.45, 7) is 0. The number of alkyl halides is 4. The van der Waals surface area contributed by atoms with Gasteiger partial charge < -0.3 is 10.4 Å². The van der Waals surface area contributed by atoms with Crippen LogP contribution in [0.3, 0.4) is 0 Å². The minimum atomic E-state index is -4.77. The van der Waals surface area contributed by atoms with Gasteiger partial charge in [0.15, 0.2) is 0 Å². The summed E-state index contributed by atoms with van der Waals surface area (Å²) in [5.41, 5.74) is -3.13. The van der Waals surface area contributed by atoms with E-state index in [4.69, 9.17) is 23.2 Å². The Bertz CT molecular complexity index is 934. The summed E-state index contributed by atoms with van der Waals surface area (Å²) in [5, 5.41) is 13.5. The van der Waals surface area contributed by atoms with E-state index in [9.17, 15) is 27.5 Å². The molecule has 2 aromatic heterocycles. The van der Waals surface area contributed by atoms with Gasteiger partial charge in [0.2, 0.25) is 0 Å². The molecule has 30 heavy (non-hydrogen) atoms. The number of hydrogen-bond acceptors (Lipinski definition) is 4. The van der Waals surface area contributed by atoms with E-state index < -0.39 is 41.2 Å². The molecule has 1 aliphatic rings. The molecule has 162 valence electrons. The molecule has 2 heterocycles. The lowest BCUT2D eigenvalue weighted by molar-refractivity contribution is -0.141. The first-order valence-corrected chi connectivity index (χ1v) is 9.78. The van der Waals surface area contributed by atoms with Crippen LogP contribution in [0.2, 0.25) is 10.2 Å². The second-order valence-corrected chi connectivity index (χ2v) is 7.91. The zero-order valence-corrected chi connectivity index (χ0v) is 16.9. The lowest BCUT2D eigenvalue weighted by atomic mass is 9.77. The van der Waals surface area contributed by atoms with Crippen molar-refractivity contribution < 1.29 is 27.5 Å². The van der Waals surface area contributed by atoms with Crippen LogP contribution in [0.5, 0.6) is 0 Å². The molecule has 0 spiro atoms. The van der Waals surface area contributed by atoms with E-state index in [1.807, 2.05) is 0 Å². The van der Waals surface area contributed by atoms with E-state index in [0.717, 1.165) is 6.20 Å². The van der Waals surface area contributed by atoms with E-state index >= 15 is 0 Å². The van der Waals surface area contributed by atoms with E-state index in [0.29, 0.717) is 6.07 Å². The van der Waals surface area contributed by atoms with Crippen LogP contribution in [-0.4, -0.2) is 32.8 Å². The number of halogens is 6. The Hall–Kier alpha value is -1.97. The second-order valence-electron chi connectivity index (χ2n) is 7.12. The molecule has 0 aliphatic heterocycles. The Kier molecular flexibility index (Phi) is 6.54. The summed E-state index contributed by atoms with van der Waals surface area (Å²) < 4.78 is 52.6. The van der Waals surface area contributed by atoms with Gasteiger partial charge in [0.1, 0.15) is 23.1 Å². The molecule has 1 atom stereocenters. The first kappa shape index (κ1) is 22.7. The zero-order chi connectivity index (χ0) is 22.1. The largest absolute Gasteiger partial charge is 0.433 e. The maximum absolute atomic E-state index is 13.6. The summed E-state index contributed by atoms with van der Waals surface area (Å²) in [6, 6.07) is 3.93. The van der Waals surface area contributed by atoms with Gasteiger partial charge in [0, 0.05) is 6.20 Å². The predicted molar refractivity (Wildman–Crippen MR) is 102 cm³/mol. The van der Waals surface area contributed by atoms with Crippen LogP contribution in [0.1, 0.15) is 53.5 Å². The molecule has 5 nitrogen and oxygen atoms in total. The third kappa shape index (κ3) is 5.01. The van der Waals surface area contributed by atoms with E-state index in [1.165, 1.54) is 12.1 Å². The van der Waals surface area contributed by atoms with Gasteiger partial charge >= 0.3 is 6.18 Å². The minimum absolute atomic E-state index is 0.0190. The summed E-state index contributed by atoms with van der Waals surface area (Å²) in [4.78, 5) is 20.1. The van der Waals surface area contributed by atoms with E-state index in [2.05, 4.69) is 15.3 Å². The quantitative estimate of drug-likeness (QED) is 0.496. The van der Waals surface area contributed by atoms with Gasteiger partial charge in [-0.15, -0.1) is 0 Å². The maximum atomic E-state index is 13.6. The number of pyridine rings is 2. The van der Waals surface area contributed by atoms with Gasteiger partial charge in [-0.1, -0.05) is 29.3 Å². The number of nitrogens with one attached hydrogen (secondary N) is 1. The highest BCUT2D eigenvalue weighted by Gasteiger charge is 2.43. The zero-order valence-electron chi connectivity index (χ0n) is 15.4. The van der Waals surface area contributed by atoms with Crippen LogP contribution in [0.4, 0.5) is 17.6 Å². The molecule has 1 aliphatic carbocycles. The fraction of sp³-hybridized carbons (Fsp3) is 0.421. The molecular formula is C19H17Cl2F4N3O2. The number of amides is 1. The number of carbonyl (C=O) groups is 1. The number of carbonyl (C=O) groups excluding carboxylic acids is 1. The Morgan fingerprint density at radius 1 is 1.27 bits per heavy atom. The topological polar surface area (TPSA) is 75.1 Å². The molecule has 0 aromatic carbocycles. The first-order valence-electron chi connectivity index (χ1n) is 9.02. The van der Waals surface area contributed by atoms with Crippen LogP contribution < -0.4 is 5.32 Å². The molecule has 1 amide bonds. The van der Waals surface area contributed by atoms with Gasteiger partial charge in [-0.3, -0.25) is 9.78 Å². The van der Waals surface area contributed by atoms with Crippen molar-refractivity contribution in [3.05, 3.63) is 57.6 Å². The normalized spacial score (nSPS) is 23.1. The van der Waals surface area contributed by atoms with Crippen LogP contribution in [0, 0.1) is 0 Å². The second kappa shape index (κ2) is 8.64. The molecule has 11 heteroatoms. The van der Waals surface area contributed by atoms with Crippen molar-refractivity contribution in [2.24, 2.45) is 0 Å². The van der Waals surface area contributed by atoms with Crippen molar-refractivity contribution in [1.82, 2.24) is 15.3 Å². The standard InChI is InChI=1S/C19H17Cl2F4N3O2/c20-12-9-26-14(19(23,24)25)8-11(12)17(29)28-16(13-2-1-3-15(21)27-13)18(30)6-4-10(22)5-7-18/h1-3,8-10,16,30H,4-7H2,(H,28,29)/t10-,16?,18+. The molecule has 0 bridgehead atoms. The number of nitrogens with zero attached hydrogens (tertiary/aromatic N) is 2. The molecule has 0 saturated heterocycles. The molecule has 2 aromatic rings. The van der Waals surface area contributed by atoms with Gasteiger partial charge in [0.25, 0.3) is 5.91 Å². The number of hydrogen-bond donors (Lipinski definition) is 2. The Labute approximate surface area is 179 Å². The third-order valence-electron chi connectivity index (χ3n) is 5.02. The van der Waals surface area contributed by atoms with Gasteiger partial charge in [0.05, 0.1) is 21.9 Å². The highest BCUT2D eigenvalue weighted by molar-refractivity contribution is 6.33. The predicted octanol–water partition coefficient (Wildman–Crippen LogP) is 4.92. The van der Waals surface area contributed by atoms with Crippen molar-refractivity contribution in [2.45, 2.75) is 49.7 Å². The lowest BCUT2D eigenvalue weighted by Gasteiger charge is -2.40. The Morgan fingerprint density at radius 2 is 1.93 bits per heavy atom. The molecular weight excluding hydrogens is 449 g/mol. The van der Waals surface area contributed by atoms with Gasteiger partial charge in [-0.05, 0) is 43.9 Å². The highest BCUT2D eigenvalue weighted by atomic mass is 35.5. The van der Waals surface area contributed by atoms with Crippen LogP contribution in [0.15, 0.2) is 30.5 Å². The van der Waals surface area contributed by atoms with Crippen molar-refractivity contribution in [1.29, 1.82) is 0 Å². The number of aliphatic hydroxyl groups is 1. The molecule has 1 unspecified atom stereocenters. The monoisotopic (exact) mass is 465 g/mol. The van der Waals surface area contributed by atoms with Crippen molar-refractivity contribution in [2.75, 3.05) is 0 Å². The number of rotatable bonds is 4. The average molecular weight is 466 g/mol. The third-order valence-corrected chi connectivity index (χ3v) is 5.53. The fourth-order valence-electron chi connectivity index (χ4n) is 3.42. The maximum Gasteiger partial charge on any atom is 0.433 e. The minimum Gasteiger partial charge on any atom is -0.387 e. The summed E-state index contributed by atoms with van der Waals surface area (Å²) in [7, 11) is 0. The van der Waals surface area contributed by atoms with Crippen molar-refractivity contribution in [3.63, 3.8) is 0 Å². The van der Waals surface area contributed by atoms with Crippen LogP contribution >= 0.6 is 23.2 Å². The summed E-state index contributed by atoms with van der Waals surface area (Å²) in [5.74, 6) is -0.963. The van der Waals surface area contributed by atoms with Crippen LogP contribution in [0.25, 0.3) is 0 Å². The molecule has 2 N–H and O–H groups in total.